The minimum Gasteiger partial charge on any atom is -0.489 e. The van der Waals surface area contributed by atoms with Gasteiger partial charge in [-0.05, 0) is 66.8 Å². The predicted molar refractivity (Wildman–Crippen MR) is 124 cm³/mol. The molecule has 0 spiro atoms. The van der Waals surface area contributed by atoms with Crippen molar-refractivity contribution in [2.75, 3.05) is 13.2 Å². The molecule has 2 aromatic rings. The fraction of sp³-hybridized carbons (Fsp3) is 0.269. The van der Waals surface area contributed by atoms with Crippen molar-refractivity contribution >= 4 is 29.5 Å². The summed E-state index contributed by atoms with van der Waals surface area (Å²) in [6.45, 7) is 2.82. The molecule has 0 N–H and O–H groups in total. The van der Waals surface area contributed by atoms with E-state index in [1.807, 2.05) is 54.6 Å². The van der Waals surface area contributed by atoms with E-state index in [0.717, 1.165) is 28.9 Å². The quantitative estimate of drug-likeness (QED) is 0.459. The molecule has 7 heteroatoms. The highest BCUT2D eigenvalue weighted by Crippen LogP contribution is 2.29. The number of hydrogen-bond donors (Lipinski definition) is 0. The van der Waals surface area contributed by atoms with Crippen molar-refractivity contribution in [3.8, 4) is 11.8 Å². The lowest BCUT2D eigenvalue weighted by molar-refractivity contribution is -0.142. The van der Waals surface area contributed by atoms with Crippen LogP contribution < -0.4 is 4.74 Å². The van der Waals surface area contributed by atoms with Crippen LogP contribution in [-0.2, 0) is 20.9 Å². The molecule has 33 heavy (non-hydrogen) atoms. The largest absolute Gasteiger partial charge is 0.489 e. The van der Waals surface area contributed by atoms with Gasteiger partial charge in [0.25, 0.3) is 11.8 Å². The van der Waals surface area contributed by atoms with Crippen molar-refractivity contribution in [2.24, 2.45) is 0 Å². The standard InChI is InChI=1S/C26H23ClN2O4/c1-17-23(25(30)29(26(31)24(17)14-28)15-22-3-2-12-32-22)13-18-6-10-21(11-7-18)33-16-19-4-8-20(27)9-5-19/h4-11,13,22H,2-3,12,15-16H2,1H3/b23-13+. The van der Waals surface area contributed by atoms with Crippen LogP contribution in [0, 0.1) is 11.3 Å². The SMILES string of the molecule is CC1=C(C#N)C(=O)N(CC2CCCO2)C(=O)/C1=C/c1ccc(OCc2ccc(Cl)cc2)cc1. The van der Waals surface area contributed by atoms with Gasteiger partial charge >= 0.3 is 0 Å². The first-order valence-corrected chi connectivity index (χ1v) is 11.1. The molecule has 6 nitrogen and oxygen atoms in total. The van der Waals surface area contributed by atoms with E-state index in [1.54, 1.807) is 13.0 Å². The first-order valence-electron chi connectivity index (χ1n) is 10.7. The van der Waals surface area contributed by atoms with E-state index in [9.17, 15) is 14.9 Å². The van der Waals surface area contributed by atoms with Gasteiger partial charge in [-0.2, -0.15) is 5.26 Å². The van der Waals surface area contributed by atoms with E-state index in [4.69, 9.17) is 21.1 Å². The van der Waals surface area contributed by atoms with Gasteiger partial charge in [-0.1, -0.05) is 35.9 Å². The highest BCUT2D eigenvalue weighted by atomic mass is 35.5. The maximum absolute atomic E-state index is 13.2. The number of nitriles is 1. The lowest BCUT2D eigenvalue weighted by Crippen LogP contribution is -2.46. The van der Waals surface area contributed by atoms with Crippen molar-refractivity contribution in [3.63, 3.8) is 0 Å². The van der Waals surface area contributed by atoms with Gasteiger partial charge in [-0.3, -0.25) is 14.5 Å². The molecular weight excluding hydrogens is 440 g/mol. The first kappa shape index (κ1) is 22.8. The molecule has 168 valence electrons. The van der Waals surface area contributed by atoms with Gasteiger partial charge in [0.05, 0.1) is 12.6 Å². The van der Waals surface area contributed by atoms with Crippen molar-refractivity contribution in [1.29, 1.82) is 5.26 Å². The molecule has 0 aliphatic carbocycles. The third-order valence-electron chi connectivity index (χ3n) is 5.75. The Hall–Kier alpha value is -3.40. The van der Waals surface area contributed by atoms with Crippen LogP contribution in [0.25, 0.3) is 6.08 Å². The van der Waals surface area contributed by atoms with Gasteiger partial charge in [-0.25, -0.2) is 0 Å². The number of imide groups is 1. The number of carbonyl (C=O) groups excluding carboxylic acids is 2. The topological polar surface area (TPSA) is 79.6 Å². The van der Waals surface area contributed by atoms with Crippen LogP contribution in [0.15, 0.2) is 65.3 Å². The maximum Gasteiger partial charge on any atom is 0.271 e. The molecule has 2 aliphatic rings. The van der Waals surface area contributed by atoms with E-state index < -0.39 is 11.8 Å². The summed E-state index contributed by atoms with van der Waals surface area (Å²) in [6, 6.07) is 16.7. The van der Waals surface area contributed by atoms with Crippen LogP contribution in [-0.4, -0.2) is 36.0 Å². The molecule has 2 heterocycles. The summed E-state index contributed by atoms with van der Waals surface area (Å²) in [5, 5.41) is 10.2. The Morgan fingerprint density at radius 2 is 1.88 bits per heavy atom. The molecule has 2 amide bonds. The van der Waals surface area contributed by atoms with Gasteiger partial charge in [0.2, 0.25) is 0 Å². The summed E-state index contributed by atoms with van der Waals surface area (Å²) >= 11 is 5.91. The molecule has 0 bridgehead atoms. The van der Waals surface area contributed by atoms with Gasteiger partial charge in [0.1, 0.15) is 24.0 Å². The zero-order chi connectivity index (χ0) is 23.4. The van der Waals surface area contributed by atoms with Crippen LogP contribution >= 0.6 is 11.6 Å². The lowest BCUT2D eigenvalue weighted by atomic mass is 9.93. The second-order valence-electron chi connectivity index (χ2n) is 8.01. The molecule has 2 aliphatic heterocycles. The average Bonchev–Trinajstić information content (AvgIpc) is 3.34. The summed E-state index contributed by atoms with van der Waals surface area (Å²) < 4.78 is 11.4. The van der Waals surface area contributed by atoms with Crippen LogP contribution in [0.1, 0.15) is 30.9 Å². The molecule has 1 unspecified atom stereocenters. The highest BCUT2D eigenvalue weighted by Gasteiger charge is 2.37. The van der Waals surface area contributed by atoms with Gasteiger partial charge < -0.3 is 9.47 Å². The number of nitrogens with zero attached hydrogens (tertiary/aromatic N) is 2. The van der Waals surface area contributed by atoms with E-state index in [1.165, 1.54) is 0 Å². The van der Waals surface area contributed by atoms with Crippen LogP contribution in [0.5, 0.6) is 5.75 Å². The second kappa shape index (κ2) is 10.0. The normalized spacial score (nSPS) is 19.8. The number of amides is 2. The highest BCUT2D eigenvalue weighted by molar-refractivity contribution is 6.30. The van der Waals surface area contributed by atoms with Crippen molar-refractivity contribution in [1.82, 2.24) is 4.90 Å². The summed E-state index contributed by atoms with van der Waals surface area (Å²) in [5.74, 6) is -0.282. The summed E-state index contributed by atoms with van der Waals surface area (Å²) in [5.41, 5.74) is 2.47. The minimum atomic E-state index is -0.557. The third kappa shape index (κ3) is 5.16. The number of carbonyl (C=O) groups is 2. The van der Waals surface area contributed by atoms with Crippen molar-refractivity contribution in [2.45, 2.75) is 32.5 Å². The van der Waals surface area contributed by atoms with E-state index >= 15 is 0 Å². The van der Waals surface area contributed by atoms with Gasteiger partial charge in [0.15, 0.2) is 0 Å². The van der Waals surface area contributed by atoms with Gasteiger partial charge in [0, 0.05) is 17.2 Å². The third-order valence-corrected chi connectivity index (χ3v) is 6.00. The Morgan fingerprint density at radius 1 is 1.15 bits per heavy atom. The van der Waals surface area contributed by atoms with E-state index in [2.05, 4.69) is 0 Å². The van der Waals surface area contributed by atoms with Crippen molar-refractivity contribution < 1.29 is 19.1 Å². The Bertz CT molecular complexity index is 1150. The number of ether oxygens (including phenoxy) is 2. The van der Waals surface area contributed by atoms with Crippen LogP contribution in [0.2, 0.25) is 5.02 Å². The average molecular weight is 463 g/mol. The number of hydrogen-bond acceptors (Lipinski definition) is 5. The Balaban J connectivity index is 1.52. The Morgan fingerprint density at radius 3 is 2.52 bits per heavy atom. The molecule has 1 atom stereocenters. The first-order chi connectivity index (χ1) is 16.0. The maximum atomic E-state index is 13.2. The smallest absolute Gasteiger partial charge is 0.271 e. The summed E-state index contributed by atoms with van der Waals surface area (Å²) in [4.78, 5) is 27.0. The summed E-state index contributed by atoms with van der Waals surface area (Å²) in [7, 11) is 0. The summed E-state index contributed by atoms with van der Waals surface area (Å²) in [6.07, 6.45) is 3.20. The molecule has 2 aromatic carbocycles. The Labute approximate surface area is 197 Å². The minimum absolute atomic E-state index is 0.0123. The number of halogens is 1. The van der Waals surface area contributed by atoms with Gasteiger partial charge in [-0.15, -0.1) is 0 Å². The molecule has 1 saturated heterocycles. The fourth-order valence-corrected chi connectivity index (χ4v) is 3.99. The Kier molecular flexibility index (Phi) is 6.93. The zero-order valence-corrected chi connectivity index (χ0v) is 19.0. The molecular formula is C26H23ClN2O4. The molecule has 1 fully saturated rings. The van der Waals surface area contributed by atoms with E-state index in [0.29, 0.717) is 35.1 Å². The second-order valence-corrected chi connectivity index (χ2v) is 8.45. The zero-order valence-electron chi connectivity index (χ0n) is 18.2. The molecule has 4 rings (SSSR count). The van der Waals surface area contributed by atoms with Crippen molar-refractivity contribution in [3.05, 3.63) is 81.4 Å². The molecule has 0 radical (unpaired) electrons. The predicted octanol–water partition coefficient (Wildman–Crippen LogP) is 4.69. The van der Waals surface area contributed by atoms with E-state index in [-0.39, 0.29) is 18.2 Å². The monoisotopic (exact) mass is 462 g/mol. The number of rotatable bonds is 6. The number of benzene rings is 2. The van der Waals surface area contributed by atoms with Crippen LogP contribution in [0.4, 0.5) is 0 Å². The molecule has 0 saturated carbocycles. The lowest BCUT2D eigenvalue weighted by Gasteiger charge is -2.29. The molecule has 0 aromatic heterocycles. The fourth-order valence-electron chi connectivity index (χ4n) is 3.86. The van der Waals surface area contributed by atoms with Crippen LogP contribution in [0.3, 0.4) is 0 Å².